The van der Waals surface area contributed by atoms with Gasteiger partial charge in [-0.05, 0) is 32.2 Å². The number of halogens is 1. The van der Waals surface area contributed by atoms with Crippen molar-refractivity contribution in [3.63, 3.8) is 0 Å². The van der Waals surface area contributed by atoms with Gasteiger partial charge in [0.25, 0.3) is 0 Å². The third kappa shape index (κ3) is 79.8. The molecule has 0 spiro atoms. The minimum absolute atomic E-state index is 0.0124. The largest absolute Gasteiger partial charge is 0.479 e. The van der Waals surface area contributed by atoms with E-state index in [-0.39, 0.29) is 37.5 Å². The summed E-state index contributed by atoms with van der Waals surface area (Å²) in [6.07, 6.45) is 4.61. The Morgan fingerprint density at radius 2 is 0.814 bits per heavy atom. The van der Waals surface area contributed by atoms with Gasteiger partial charge in [-0.1, -0.05) is 0 Å². The standard InChI is InChI=1S/C14H29N3O6.C13H29N3O5.C3H7NO3.C2H5NO3.CH3Cl/c1-13(18)16-4-2-6-20-8-10-22-11-9-21-7-3-5-17-14(19)12-23-15;1-15-21-12-13(17)16-5-3-7-19-9-11-20-10-8-18-6-2-4-14;1-4-7-2-3(5)6;3-6-1-2(4)5;1-2/h2-12,15H2,1H3,(H,16,18)(H,17,19);15H,2-12,14H2,1H3,(H,16,17);4H,2H2,1H3,(H,5,6);1,3H2,(H,4,5);1H3. The molecule has 0 aliphatic carbocycles. The highest BCUT2D eigenvalue weighted by molar-refractivity contribution is 6.15. The lowest BCUT2D eigenvalue weighted by atomic mass is 10.4. The first-order chi connectivity index (χ1) is 28.5. The van der Waals surface area contributed by atoms with Gasteiger partial charge >= 0.3 is 11.9 Å². The van der Waals surface area contributed by atoms with Crippen molar-refractivity contribution >= 4 is 41.3 Å². The minimum atomic E-state index is -1.06. The van der Waals surface area contributed by atoms with Crippen molar-refractivity contribution < 1.29 is 82.0 Å². The number of carbonyl (C=O) groups is 5. The summed E-state index contributed by atoms with van der Waals surface area (Å²) in [6.45, 7) is 9.71. The normalized spacial score (nSPS) is 9.90. The topological polar surface area (TPSA) is 356 Å². The van der Waals surface area contributed by atoms with Crippen LogP contribution >= 0.6 is 11.6 Å². The van der Waals surface area contributed by atoms with Crippen LogP contribution in [0.5, 0.6) is 0 Å². The Labute approximate surface area is 352 Å². The molecule has 0 radical (unpaired) electrons. The van der Waals surface area contributed by atoms with Gasteiger partial charge in [0, 0.05) is 73.5 Å². The summed E-state index contributed by atoms with van der Waals surface area (Å²) in [5.74, 6) is 6.66. The number of amides is 3. The lowest BCUT2D eigenvalue weighted by Gasteiger charge is -2.07. The lowest BCUT2D eigenvalue weighted by Crippen LogP contribution is -2.30. The number of nitrogens with one attached hydrogen (secondary N) is 5. The molecule has 0 aromatic carbocycles. The molecule has 0 saturated carbocycles. The van der Waals surface area contributed by atoms with Crippen LogP contribution in [0.3, 0.4) is 0 Å². The SMILES string of the molecule is CC(=O)NCCCOCCOCCOCCCNC(=O)CON.CCl.CNOCC(=O)NCCCOCCOCCOCCCN.CNOCC(=O)O.NOCC(=O)O. The van der Waals surface area contributed by atoms with Gasteiger partial charge in [0.15, 0.2) is 13.2 Å². The van der Waals surface area contributed by atoms with Crippen molar-refractivity contribution in [3.8, 4) is 0 Å². The molecule has 0 aliphatic heterocycles. The summed E-state index contributed by atoms with van der Waals surface area (Å²) >= 11 is 4.64. The molecular formula is C33H73ClN8O17. The van der Waals surface area contributed by atoms with Crippen LogP contribution in [-0.4, -0.2) is 192 Å². The van der Waals surface area contributed by atoms with Gasteiger partial charge in [0.2, 0.25) is 17.7 Å². The second-order valence-electron chi connectivity index (χ2n) is 10.5. The fourth-order valence-electron chi connectivity index (χ4n) is 3.03. The number of hydrogen-bond acceptors (Lipinski definition) is 20. The van der Waals surface area contributed by atoms with Crippen LogP contribution in [0.2, 0.25) is 0 Å². The zero-order valence-electron chi connectivity index (χ0n) is 35.1. The van der Waals surface area contributed by atoms with Crippen LogP contribution in [0.1, 0.15) is 32.6 Å². The van der Waals surface area contributed by atoms with Crippen molar-refractivity contribution in [1.82, 2.24) is 26.9 Å². The third-order valence-corrected chi connectivity index (χ3v) is 5.50. The summed E-state index contributed by atoms with van der Waals surface area (Å²) < 4.78 is 32.0. The number of hydroxylamine groups is 2. The minimum Gasteiger partial charge on any atom is -0.479 e. The van der Waals surface area contributed by atoms with E-state index in [0.29, 0.717) is 112 Å². The van der Waals surface area contributed by atoms with Gasteiger partial charge < -0.3 is 60.3 Å². The van der Waals surface area contributed by atoms with Gasteiger partial charge in [-0.25, -0.2) is 32.3 Å². The number of carboxylic acid groups (broad SMARTS) is 2. The summed E-state index contributed by atoms with van der Waals surface area (Å²) in [5, 5.41) is 23.6. The molecule has 0 unspecified atom stereocenters. The lowest BCUT2D eigenvalue weighted by molar-refractivity contribution is -0.144. The fourth-order valence-corrected chi connectivity index (χ4v) is 3.03. The fraction of sp³-hybridized carbons (Fsp3) is 0.848. The van der Waals surface area contributed by atoms with Gasteiger partial charge in [-0.15, -0.1) is 11.6 Å². The van der Waals surface area contributed by atoms with E-state index in [1.165, 1.54) is 20.4 Å². The Morgan fingerprint density at radius 3 is 1.10 bits per heavy atom. The van der Waals surface area contributed by atoms with Crippen molar-refractivity contribution in [2.75, 3.05) is 152 Å². The van der Waals surface area contributed by atoms with Crippen LogP contribution < -0.4 is 44.4 Å². The number of alkyl halides is 1. The maximum atomic E-state index is 11.1. The van der Waals surface area contributed by atoms with Crippen LogP contribution in [0.4, 0.5) is 0 Å². The van der Waals surface area contributed by atoms with Crippen LogP contribution in [-0.2, 0) is 71.7 Å². The van der Waals surface area contributed by atoms with E-state index in [4.69, 9.17) is 55.1 Å². The van der Waals surface area contributed by atoms with Crippen LogP contribution in [0.15, 0.2) is 0 Å². The van der Waals surface area contributed by atoms with E-state index in [2.05, 4.69) is 58.9 Å². The first kappa shape index (κ1) is 65.2. The summed E-state index contributed by atoms with van der Waals surface area (Å²) in [7, 11) is 3.11. The van der Waals surface area contributed by atoms with Gasteiger partial charge in [-0.3, -0.25) is 33.7 Å². The van der Waals surface area contributed by atoms with Gasteiger partial charge in [-0.2, -0.15) is 0 Å². The molecule has 25 nitrogen and oxygen atoms in total. The average Bonchev–Trinajstić information content (AvgIpc) is 3.21. The van der Waals surface area contributed by atoms with E-state index in [1.54, 1.807) is 7.05 Å². The van der Waals surface area contributed by atoms with Gasteiger partial charge in [0.05, 0.1) is 52.9 Å². The molecule has 0 heterocycles. The molecule has 3 amide bonds. The highest BCUT2D eigenvalue weighted by Gasteiger charge is 2.00. The molecule has 0 bridgehead atoms. The Hall–Kier alpha value is -2.96. The van der Waals surface area contributed by atoms with Gasteiger partial charge in [0.1, 0.15) is 13.2 Å². The molecule has 354 valence electrons. The zero-order valence-corrected chi connectivity index (χ0v) is 35.9. The first-order valence-electron chi connectivity index (χ1n) is 18.5. The molecule has 59 heavy (non-hydrogen) atoms. The maximum Gasteiger partial charge on any atom is 0.331 e. The number of aliphatic carboxylic acids is 2. The smallest absolute Gasteiger partial charge is 0.331 e. The number of carbonyl (C=O) groups excluding carboxylic acids is 3. The summed E-state index contributed by atoms with van der Waals surface area (Å²) in [4.78, 5) is 68.6. The van der Waals surface area contributed by atoms with E-state index in [0.717, 1.165) is 19.3 Å². The molecular weight excluding hydrogens is 816 g/mol. The van der Waals surface area contributed by atoms with Crippen LogP contribution in [0, 0.1) is 0 Å². The number of carboxylic acids is 2. The summed E-state index contributed by atoms with van der Waals surface area (Å²) in [5.41, 5.74) is 9.99. The molecule has 0 saturated heterocycles. The molecule has 0 aromatic rings. The van der Waals surface area contributed by atoms with Crippen molar-refractivity contribution in [3.05, 3.63) is 0 Å². The quantitative estimate of drug-likeness (QED) is 0.0169. The number of nitrogens with two attached hydrogens (primary N) is 3. The van der Waals surface area contributed by atoms with E-state index in [9.17, 15) is 24.0 Å². The second-order valence-corrected chi connectivity index (χ2v) is 10.5. The highest BCUT2D eigenvalue weighted by atomic mass is 35.5. The molecule has 13 N–H and O–H groups in total. The summed E-state index contributed by atoms with van der Waals surface area (Å²) in [6, 6.07) is 0. The predicted octanol–water partition coefficient (Wildman–Crippen LogP) is -2.96. The van der Waals surface area contributed by atoms with E-state index in [1.807, 2.05) is 0 Å². The Balaban J connectivity index is -0.000000246. The van der Waals surface area contributed by atoms with Crippen LogP contribution in [0.25, 0.3) is 0 Å². The second kappa shape index (κ2) is 61.7. The monoisotopic (exact) mass is 888 g/mol. The molecule has 0 rings (SSSR count). The van der Waals surface area contributed by atoms with E-state index >= 15 is 0 Å². The molecule has 0 atom stereocenters. The van der Waals surface area contributed by atoms with Crippen molar-refractivity contribution in [1.29, 1.82) is 0 Å². The Bertz CT molecular complexity index is 910. The average molecular weight is 889 g/mol. The van der Waals surface area contributed by atoms with Crippen molar-refractivity contribution in [2.24, 2.45) is 17.5 Å². The number of ether oxygens (including phenoxy) is 6. The Morgan fingerprint density at radius 1 is 0.492 bits per heavy atom. The van der Waals surface area contributed by atoms with E-state index < -0.39 is 18.5 Å². The first-order valence-corrected chi connectivity index (χ1v) is 19.2. The molecule has 0 aliphatic rings. The van der Waals surface area contributed by atoms with Crippen molar-refractivity contribution in [2.45, 2.75) is 32.6 Å². The third-order valence-electron chi connectivity index (χ3n) is 5.50. The zero-order chi connectivity index (χ0) is 45.5. The molecule has 26 heteroatoms. The Kier molecular flexibility index (Phi) is 68.2. The maximum absolute atomic E-state index is 11.1. The number of rotatable bonds is 37. The highest BCUT2D eigenvalue weighted by Crippen LogP contribution is 1.87. The number of hydrogen-bond donors (Lipinski definition) is 10. The molecule has 0 aromatic heterocycles. The predicted molar refractivity (Wildman–Crippen MR) is 214 cm³/mol. The molecule has 0 fully saturated rings.